The van der Waals surface area contributed by atoms with Crippen molar-refractivity contribution in [1.29, 1.82) is 0 Å². The number of carboxylic acids is 1. The number of nitrogens with zero attached hydrogens (tertiary/aromatic N) is 5. The van der Waals surface area contributed by atoms with Crippen molar-refractivity contribution in [2.75, 3.05) is 13.1 Å². The number of carbonyl (C=O) groups excluding carboxylic acids is 1. The fourth-order valence-corrected chi connectivity index (χ4v) is 2.88. The second-order valence-electron chi connectivity index (χ2n) is 5.93. The van der Waals surface area contributed by atoms with E-state index in [9.17, 15) is 9.59 Å². The van der Waals surface area contributed by atoms with Gasteiger partial charge in [-0.3, -0.25) is 9.48 Å². The Balaban J connectivity index is 1.63. The summed E-state index contributed by atoms with van der Waals surface area (Å²) in [5, 5.41) is 20.2. The van der Waals surface area contributed by atoms with Gasteiger partial charge in [0.1, 0.15) is 0 Å². The lowest BCUT2D eigenvalue weighted by Crippen LogP contribution is -2.41. The van der Waals surface area contributed by atoms with Crippen LogP contribution in [-0.2, 0) is 13.0 Å². The topological polar surface area (TPSA) is 114 Å². The van der Waals surface area contributed by atoms with Crippen molar-refractivity contribution in [2.24, 2.45) is 5.92 Å². The van der Waals surface area contributed by atoms with Crippen molar-refractivity contribution < 1.29 is 19.2 Å². The minimum Gasteiger partial charge on any atom is -0.476 e. The Labute approximate surface area is 138 Å². The monoisotopic (exact) mass is 333 g/mol. The molecule has 1 aliphatic heterocycles. The van der Waals surface area contributed by atoms with E-state index < -0.39 is 5.97 Å². The highest BCUT2D eigenvalue weighted by Gasteiger charge is 2.27. The average molecular weight is 333 g/mol. The van der Waals surface area contributed by atoms with Gasteiger partial charge in [0.2, 0.25) is 5.76 Å². The molecule has 0 aromatic carbocycles. The predicted octanol–water partition coefficient (Wildman–Crippen LogP) is 1.08. The van der Waals surface area contributed by atoms with Gasteiger partial charge in [-0.15, -0.1) is 5.10 Å². The minimum atomic E-state index is -1.10. The van der Waals surface area contributed by atoms with Crippen LogP contribution in [0.4, 0.5) is 0 Å². The van der Waals surface area contributed by atoms with Gasteiger partial charge in [-0.25, -0.2) is 4.79 Å². The number of rotatable bonds is 5. The molecule has 3 heterocycles. The molecule has 1 amide bonds. The number of hydrogen-bond acceptors (Lipinski definition) is 6. The fraction of sp³-hybridized carbons (Fsp3) is 0.533. The van der Waals surface area contributed by atoms with Crippen LogP contribution in [0.2, 0.25) is 0 Å². The lowest BCUT2D eigenvalue weighted by molar-refractivity contribution is 0.0617. The fourth-order valence-electron chi connectivity index (χ4n) is 2.88. The number of carbonyl (C=O) groups is 2. The van der Waals surface area contributed by atoms with E-state index in [0.29, 0.717) is 19.6 Å². The lowest BCUT2D eigenvalue weighted by atomic mass is 9.98. The summed E-state index contributed by atoms with van der Waals surface area (Å²) in [5.41, 5.74) is 0.684. The Morgan fingerprint density at radius 1 is 1.46 bits per heavy atom. The van der Waals surface area contributed by atoms with Crippen molar-refractivity contribution in [3.63, 3.8) is 0 Å². The van der Waals surface area contributed by atoms with E-state index in [1.807, 2.05) is 6.92 Å². The van der Waals surface area contributed by atoms with Gasteiger partial charge in [0.15, 0.2) is 5.69 Å². The molecule has 1 atom stereocenters. The van der Waals surface area contributed by atoms with Crippen molar-refractivity contribution in [3.8, 4) is 0 Å². The molecular formula is C15H19N5O4. The molecule has 1 aliphatic rings. The zero-order chi connectivity index (χ0) is 17.1. The van der Waals surface area contributed by atoms with Crippen LogP contribution >= 0.6 is 0 Å². The van der Waals surface area contributed by atoms with E-state index in [-0.39, 0.29) is 23.3 Å². The minimum absolute atomic E-state index is 0.0764. The number of amides is 1. The third-order valence-electron chi connectivity index (χ3n) is 4.14. The first-order chi connectivity index (χ1) is 11.6. The molecule has 1 unspecified atom stereocenters. The second-order valence-corrected chi connectivity index (χ2v) is 5.93. The van der Waals surface area contributed by atoms with Gasteiger partial charge in [0.25, 0.3) is 5.91 Å². The number of aromatic nitrogens is 4. The standard InChI is InChI=1S/C15H19N5O4/c1-2-11-6-13(24-17-11)14(21)19-5-3-4-10(7-19)8-20-9-12(15(22)23)16-18-20/h6,9-10H,2-5,7-8H2,1H3,(H,22,23). The molecule has 0 saturated carbocycles. The van der Waals surface area contributed by atoms with Gasteiger partial charge in [-0.1, -0.05) is 17.3 Å². The molecule has 24 heavy (non-hydrogen) atoms. The Morgan fingerprint density at radius 2 is 2.29 bits per heavy atom. The van der Waals surface area contributed by atoms with Crippen LogP contribution in [0, 0.1) is 5.92 Å². The maximum Gasteiger partial charge on any atom is 0.358 e. The van der Waals surface area contributed by atoms with Crippen LogP contribution in [-0.4, -0.2) is 55.1 Å². The quantitative estimate of drug-likeness (QED) is 0.870. The normalized spacial score (nSPS) is 17.9. The summed E-state index contributed by atoms with van der Waals surface area (Å²) in [6, 6.07) is 1.68. The van der Waals surface area contributed by atoms with Crippen LogP contribution in [0.5, 0.6) is 0 Å². The van der Waals surface area contributed by atoms with Crippen LogP contribution in [0.3, 0.4) is 0 Å². The van der Waals surface area contributed by atoms with E-state index >= 15 is 0 Å². The lowest BCUT2D eigenvalue weighted by Gasteiger charge is -2.31. The van der Waals surface area contributed by atoms with Crippen LogP contribution in [0.25, 0.3) is 0 Å². The zero-order valence-electron chi connectivity index (χ0n) is 13.4. The number of piperidine rings is 1. The highest BCUT2D eigenvalue weighted by Crippen LogP contribution is 2.20. The first-order valence-electron chi connectivity index (χ1n) is 7.95. The third-order valence-corrected chi connectivity index (χ3v) is 4.14. The van der Waals surface area contributed by atoms with Gasteiger partial charge in [-0.05, 0) is 25.2 Å². The smallest absolute Gasteiger partial charge is 0.358 e. The summed E-state index contributed by atoms with van der Waals surface area (Å²) in [7, 11) is 0. The maximum absolute atomic E-state index is 12.5. The second kappa shape index (κ2) is 6.81. The molecule has 0 radical (unpaired) electrons. The molecule has 3 rings (SSSR count). The first kappa shape index (κ1) is 16.2. The number of likely N-dealkylation sites (tertiary alicyclic amines) is 1. The van der Waals surface area contributed by atoms with Gasteiger partial charge in [0.05, 0.1) is 11.9 Å². The highest BCUT2D eigenvalue weighted by molar-refractivity contribution is 5.91. The van der Waals surface area contributed by atoms with E-state index in [2.05, 4.69) is 15.5 Å². The van der Waals surface area contributed by atoms with Gasteiger partial charge in [0, 0.05) is 25.7 Å². The summed E-state index contributed by atoms with van der Waals surface area (Å²) < 4.78 is 6.64. The molecule has 0 aliphatic carbocycles. The summed E-state index contributed by atoms with van der Waals surface area (Å²) in [4.78, 5) is 25.1. The Morgan fingerprint density at radius 3 is 2.96 bits per heavy atom. The number of aromatic carboxylic acids is 1. The molecule has 9 nitrogen and oxygen atoms in total. The molecule has 1 N–H and O–H groups in total. The van der Waals surface area contributed by atoms with E-state index in [1.54, 1.807) is 11.0 Å². The summed E-state index contributed by atoms with van der Waals surface area (Å²) in [6.45, 7) is 3.73. The Kier molecular flexibility index (Phi) is 4.59. The summed E-state index contributed by atoms with van der Waals surface area (Å²) in [6.07, 6.45) is 3.96. The van der Waals surface area contributed by atoms with E-state index in [1.165, 1.54) is 10.9 Å². The van der Waals surface area contributed by atoms with Gasteiger partial charge in [-0.2, -0.15) is 0 Å². The Bertz CT molecular complexity index is 738. The van der Waals surface area contributed by atoms with Gasteiger partial charge < -0.3 is 14.5 Å². The highest BCUT2D eigenvalue weighted by atomic mass is 16.5. The Hall–Kier alpha value is -2.71. The van der Waals surface area contributed by atoms with Crippen molar-refractivity contribution >= 4 is 11.9 Å². The van der Waals surface area contributed by atoms with Crippen molar-refractivity contribution in [2.45, 2.75) is 32.7 Å². The SMILES string of the molecule is CCc1cc(C(=O)N2CCCC(Cn3cc(C(=O)O)nn3)C2)on1. The zero-order valence-corrected chi connectivity index (χ0v) is 13.4. The summed E-state index contributed by atoms with van der Waals surface area (Å²) >= 11 is 0. The molecule has 1 fully saturated rings. The van der Waals surface area contributed by atoms with Crippen molar-refractivity contribution in [3.05, 3.63) is 29.4 Å². The van der Waals surface area contributed by atoms with Crippen LogP contribution in [0.15, 0.2) is 16.8 Å². The summed E-state index contributed by atoms with van der Waals surface area (Å²) in [5.74, 6) is -0.795. The van der Waals surface area contributed by atoms with Crippen molar-refractivity contribution in [1.82, 2.24) is 25.1 Å². The number of aryl methyl sites for hydroxylation is 1. The molecule has 2 aromatic rings. The van der Waals surface area contributed by atoms with Gasteiger partial charge >= 0.3 is 5.97 Å². The molecular weight excluding hydrogens is 314 g/mol. The molecule has 2 aromatic heterocycles. The number of hydrogen-bond donors (Lipinski definition) is 1. The molecule has 128 valence electrons. The molecule has 1 saturated heterocycles. The maximum atomic E-state index is 12.5. The number of carboxylic acid groups (broad SMARTS) is 1. The predicted molar refractivity (Wildman–Crippen MR) is 81.5 cm³/mol. The molecule has 0 bridgehead atoms. The average Bonchev–Trinajstić information content (AvgIpc) is 3.23. The largest absolute Gasteiger partial charge is 0.476 e. The molecule has 9 heteroatoms. The van der Waals surface area contributed by atoms with E-state index in [4.69, 9.17) is 9.63 Å². The third kappa shape index (κ3) is 3.44. The molecule has 0 spiro atoms. The first-order valence-corrected chi connectivity index (χ1v) is 7.95. The van der Waals surface area contributed by atoms with Crippen LogP contribution < -0.4 is 0 Å². The van der Waals surface area contributed by atoms with Crippen LogP contribution in [0.1, 0.15) is 46.5 Å². The van der Waals surface area contributed by atoms with E-state index in [0.717, 1.165) is 25.0 Å².